The van der Waals surface area contributed by atoms with Crippen LogP contribution in [0.2, 0.25) is 0 Å². The topological polar surface area (TPSA) is 46.5 Å². The van der Waals surface area contributed by atoms with Gasteiger partial charge < -0.3 is 4.74 Å². The molecule has 0 aliphatic carbocycles. The van der Waals surface area contributed by atoms with Crippen LogP contribution >= 0.6 is 11.3 Å². The van der Waals surface area contributed by atoms with E-state index in [2.05, 4.69) is 15.5 Å². The van der Waals surface area contributed by atoms with Crippen LogP contribution in [-0.2, 0) is 6.18 Å². The van der Waals surface area contributed by atoms with E-state index in [9.17, 15) is 13.2 Å². The lowest BCUT2D eigenvalue weighted by Gasteiger charge is -2.05. The van der Waals surface area contributed by atoms with Crippen LogP contribution in [0.25, 0.3) is 10.4 Å². The van der Waals surface area contributed by atoms with Gasteiger partial charge in [-0.3, -0.25) is 5.43 Å². The largest absolute Gasteiger partial charge is 0.496 e. The third-order valence-corrected chi connectivity index (χ3v) is 4.44. The number of nitrogens with zero attached hydrogens (tertiary/aromatic N) is 2. The molecule has 1 N–H and O–H groups in total. The summed E-state index contributed by atoms with van der Waals surface area (Å²) in [7, 11) is 1.53. The first-order valence-electron chi connectivity index (χ1n) is 7.54. The van der Waals surface area contributed by atoms with Crippen molar-refractivity contribution in [3.63, 3.8) is 0 Å². The summed E-state index contributed by atoms with van der Waals surface area (Å²) in [4.78, 5) is 3.72. The highest BCUT2D eigenvalue weighted by atomic mass is 32.1. The van der Waals surface area contributed by atoms with Gasteiger partial charge in [0.05, 0.1) is 18.2 Å². The van der Waals surface area contributed by atoms with E-state index in [4.69, 9.17) is 4.74 Å². The van der Waals surface area contributed by atoms with Crippen molar-refractivity contribution < 1.29 is 17.9 Å². The maximum absolute atomic E-state index is 13.3. The van der Waals surface area contributed by atoms with Gasteiger partial charge in [0.2, 0.25) is 5.13 Å². The molecule has 134 valence electrons. The zero-order valence-electron chi connectivity index (χ0n) is 13.6. The summed E-state index contributed by atoms with van der Waals surface area (Å²) in [6.07, 6.45) is -3.08. The Balaban J connectivity index is 1.87. The second-order valence-corrected chi connectivity index (χ2v) is 6.17. The Bertz CT molecular complexity index is 908. The molecule has 26 heavy (non-hydrogen) atoms. The van der Waals surface area contributed by atoms with Crippen LogP contribution < -0.4 is 10.2 Å². The van der Waals surface area contributed by atoms with Crippen LogP contribution in [0.15, 0.2) is 59.7 Å². The summed E-state index contributed by atoms with van der Waals surface area (Å²) in [5.41, 5.74) is 2.79. The first-order chi connectivity index (χ1) is 12.5. The minimum absolute atomic E-state index is 0.0492. The fourth-order valence-electron chi connectivity index (χ4n) is 2.28. The van der Waals surface area contributed by atoms with Crippen LogP contribution in [0, 0.1) is 0 Å². The molecule has 3 rings (SSSR count). The lowest BCUT2D eigenvalue weighted by atomic mass is 10.1. The van der Waals surface area contributed by atoms with Crippen molar-refractivity contribution in [1.29, 1.82) is 0 Å². The van der Waals surface area contributed by atoms with Crippen LogP contribution in [0.3, 0.4) is 0 Å². The number of halogens is 3. The second kappa shape index (κ2) is 7.57. The molecule has 0 atom stereocenters. The van der Waals surface area contributed by atoms with Crippen molar-refractivity contribution in [2.24, 2.45) is 5.10 Å². The average Bonchev–Trinajstić information content (AvgIpc) is 3.08. The monoisotopic (exact) mass is 377 g/mol. The van der Waals surface area contributed by atoms with Gasteiger partial charge in [-0.2, -0.15) is 18.3 Å². The van der Waals surface area contributed by atoms with E-state index in [-0.39, 0.29) is 10.0 Å². The molecule has 8 heteroatoms. The molecule has 0 radical (unpaired) electrons. The number of nitrogens with one attached hydrogen (secondary N) is 1. The lowest BCUT2D eigenvalue weighted by Crippen LogP contribution is -2.07. The van der Waals surface area contributed by atoms with Gasteiger partial charge in [0.1, 0.15) is 5.75 Å². The third kappa shape index (κ3) is 4.02. The molecule has 0 bridgehead atoms. The Kier molecular flexibility index (Phi) is 5.22. The summed E-state index contributed by atoms with van der Waals surface area (Å²) in [6.45, 7) is 0. The zero-order chi connectivity index (χ0) is 18.6. The van der Waals surface area contributed by atoms with Crippen LogP contribution in [0.5, 0.6) is 5.75 Å². The highest BCUT2D eigenvalue weighted by Crippen LogP contribution is 2.41. The van der Waals surface area contributed by atoms with Crippen molar-refractivity contribution in [2.45, 2.75) is 6.18 Å². The number of aromatic nitrogens is 1. The number of ether oxygens (including phenoxy) is 1. The first-order valence-corrected chi connectivity index (χ1v) is 8.36. The van der Waals surface area contributed by atoms with Gasteiger partial charge in [0.15, 0.2) is 5.69 Å². The molecule has 0 amide bonds. The van der Waals surface area contributed by atoms with Gasteiger partial charge >= 0.3 is 6.18 Å². The molecule has 3 aromatic rings. The summed E-state index contributed by atoms with van der Waals surface area (Å²) in [5.74, 6) is 0.609. The Morgan fingerprint density at radius 2 is 1.77 bits per heavy atom. The summed E-state index contributed by atoms with van der Waals surface area (Å²) in [6, 6.07) is 15.5. The minimum Gasteiger partial charge on any atom is -0.496 e. The number of methoxy groups -OCH3 is 1. The molecule has 0 unspecified atom stereocenters. The molecule has 1 heterocycles. The van der Waals surface area contributed by atoms with Crippen LogP contribution in [0.4, 0.5) is 18.3 Å². The Morgan fingerprint density at radius 1 is 1.08 bits per heavy atom. The van der Waals surface area contributed by atoms with Crippen molar-refractivity contribution >= 4 is 22.7 Å². The van der Waals surface area contributed by atoms with E-state index < -0.39 is 11.9 Å². The number of benzene rings is 2. The molecule has 0 saturated carbocycles. The first kappa shape index (κ1) is 17.9. The molecule has 1 aromatic heterocycles. The highest BCUT2D eigenvalue weighted by molar-refractivity contribution is 7.19. The average molecular weight is 377 g/mol. The number of para-hydroxylation sites is 1. The molecule has 0 fully saturated rings. The number of hydrogen-bond donors (Lipinski definition) is 1. The molecule has 4 nitrogen and oxygen atoms in total. The normalized spacial score (nSPS) is 11.7. The van der Waals surface area contributed by atoms with Gasteiger partial charge in [0.25, 0.3) is 0 Å². The number of thiazole rings is 1. The standard InChI is InChI=1S/C18H14F3N3OS/c1-25-14-10-6-5-9-13(14)11-22-24-17-23-16(18(19,20)21)15(26-17)12-7-3-2-4-8-12/h2-11H,1H3,(H,23,24)/b22-11-. The number of anilines is 1. The van der Waals surface area contributed by atoms with Gasteiger partial charge in [-0.15, -0.1) is 0 Å². The van der Waals surface area contributed by atoms with Gasteiger partial charge in [0, 0.05) is 5.56 Å². The maximum Gasteiger partial charge on any atom is 0.434 e. The fraction of sp³-hybridized carbons (Fsp3) is 0.111. The van der Waals surface area contributed by atoms with E-state index in [1.165, 1.54) is 13.3 Å². The summed E-state index contributed by atoms with van der Waals surface area (Å²) in [5, 5.41) is 4.03. The van der Waals surface area contributed by atoms with E-state index >= 15 is 0 Å². The van der Waals surface area contributed by atoms with E-state index in [0.717, 1.165) is 11.3 Å². The molecular weight excluding hydrogens is 363 g/mol. The highest BCUT2D eigenvalue weighted by Gasteiger charge is 2.37. The summed E-state index contributed by atoms with van der Waals surface area (Å²) < 4.78 is 45.1. The predicted molar refractivity (Wildman–Crippen MR) is 96.8 cm³/mol. The third-order valence-electron chi connectivity index (χ3n) is 3.43. The molecule has 0 aliphatic heterocycles. The molecule has 0 saturated heterocycles. The van der Waals surface area contributed by atoms with E-state index in [0.29, 0.717) is 16.9 Å². The Hall–Kier alpha value is -2.87. The molecular formula is C18H14F3N3OS. The molecule has 2 aromatic carbocycles. The maximum atomic E-state index is 13.3. The van der Waals surface area contributed by atoms with Gasteiger partial charge in [-0.25, -0.2) is 4.98 Å². The minimum atomic E-state index is -4.55. The lowest BCUT2D eigenvalue weighted by molar-refractivity contribution is -0.140. The predicted octanol–water partition coefficient (Wildman–Crippen LogP) is 5.28. The molecule has 0 aliphatic rings. The summed E-state index contributed by atoms with van der Waals surface area (Å²) >= 11 is 0.897. The van der Waals surface area contributed by atoms with Crippen molar-refractivity contribution in [2.75, 3.05) is 12.5 Å². The zero-order valence-corrected chi connectivity index (χ0v) is 14.4. The smallest absolute Gasteiger partial charge is 0.434 e. The molecule has 0 spiro atoms. The van der Waals surface area contributed by atoms with Crippen molar-refractivity contribution in [3.05, 3.63) is 65.9 Å². The van der Waals surface area contributed by atoms with Gasteiger partial charge in [-0.05, 0) is 17.7 Å². The van der Waals surface area contributed by atoms with Gasteiger partial charge in [-0.1, -0.05) is 53.8 Å². The van der Waals surface area contributed by atoms with E-state index in [1.54, 1.807) is 42.5 Å². The van der Waals surface area contributed by atoms with Crippen LogP contribution in [-0.4, -0.2) is 18.3 Å². The number of rotatable bonds is 5. The van der Waals surface area contributed by atoms with Crippen LogP contribution in [0.1, 0.15) is 11.3 Å². The Labute approximate surface area is 152 Å². The number of alkyl halides is 3. The van der Waals surface area contributed by atoms with Crippen molar-refractivity contribution in [1.82, 2.24) is 4.98 Å². The van der Waals surface area contributed by atoms with Crippen molar-refractivity contribution in [3.8, 4) is 16.2 Å². The Morgan fingerprint density at radius 3 is 2.46 bits per heavy atom. The number of hydrazone groups is 1. The quantitative estimate of drug-likeness (QED) is 0.486. The SMILES string of the molecule is COc1ccccc1/C=N\Nc1nc(C(F)(F)F)c(-c2ccccc2)s1. The fourth-order valence-corrected chi connectivity index (χ4v) is 3.22. The second-order valence-electron chi connectivity index (χ2n) is 5.17. The number of hydrogen-bond acceptors (Lipinski definition) is 5. The van der Waals surface area contributed by atoms with E-state index in [1.807, 2.05) is 12.1 Å².